The van der Waals surface area contributed by atoms with Crippen molar-refractivity contribution in [2.75, 3.05) is 31.5 Å². The number of halogens is 1. The van der Waals surface area contributed by atoms with E-state index < -0.39 is 0 Å². The van der Waals surface area contributed by atoms with E-state index in [2.05, 4.69) is 10.3 Å². The first-order chi connectivity index (χ1) is 12.1. The molecule has 1 aliphatic heterocycles. The molecule has 3 rings (SSSR count). The number of hydrogen-bond donors (Lipinski definition) is 1. The van der Waals surface area contributed by atoms with Crippen molar-refractivity contribution in [3.8, 4) is 0 Å². The molecule has 130 valence electrons. The molecule has 25 heavy (non-hydrogen) atoms. The molecule has 7 heteroatoms. The number of nitrogens with zero attached hydrogens (tertiary/aromatic N) is 3. The minimum absolute atomic E-state index is 0.0567. The number of piperazine rings is 1. The van der Waals surface area contributed by atoms with Gasteiger partial charge in [-0.15, -0.1) is 0 Å². The summed E-state index contributed by atoms with van der Waals surface area (Å²) >= 11 is 6.04. The predicted molar refractivity (Wildman–Crippen MR) is 97.2 cm³/mol. The summed E-state index contributed by atoms with van der Waals surface area (Å²) in [6.45, 7) is 4.17. The number of benzene rings is 1. The highest BCUT2D eigenvalue weighted by atomic mass is 35.5. The van der Waals surface area contributed by atoms with E-state index in [1.54, 1.807) is 28.1 Å². The molecule has 2 aromatic rings. The smallest absolute Gasteiger partial charge is 0.254 e. The average Bonchev–Trinajstić information content (AvgIpc) is 2.64. The molecular formula is C18H19ClN4O2. The van der Waals surface area contributed by atoms with Gasteiger partial charge in [-0.25, -0.2) is 4.98 Å². The minimum Gasteiger partial charge on any atom is -0.342 e. The Morgan fingerprint density at radius 1 is 1.20 bits per heavy atom. The van der Waals surface area contributed by atoms with Crippen LogP contribution < -0.4 is 5.32 Å². The summed E-state index contributed by atoms with van der Waals surface area (Å²) in [6, 6.07) is 9.01. The monoisotopic (exact) mass is 358 g/mol. The van der Waals surface area contributed by atoms with E-state index in [1.165, 1.54) is 0 Å². The standard InChI is InChI=1S/C18H19ClN4O2/c1-13-2-3-15(19)11-16(13)21-17-10-14(4-5-20-17)18(25)23-8-6-22(12-24)7-9-23/h2-5,10-12H,6-9H2,1H3,(H,20,21). The van der Waals surface area contributed by atoms with Gasteiger partial charge >= 0.3 is 0 Å². The van der Waals surface area contributed by atoms with Crippen LogP contribution >= 0.6 is 11.6 Å². The molecule has 1 saturated heterocycles. The van der Waals surface area contributed by atoms with Gasteiger partial charge in [-0.1, -0.05) is 17.7 Å². The summed E-state index contributed by atoms with van der Waals surface area (Å²) in [6.07, 6.45) is 2.43. The number of nitrogens with one attached hydrogen (secondary N) is 1. The molecule has 0 radical (unpaired) electrons. The van der Waals surface area contributed by atoms with Crippen LogP contribution in [-0.2, 0) is 4.79 Å². The van der Waals surface area contributed by atoms with E-state index >= 15 is 0 Å². The lowest BCUT2D eigenvalue weighted by molar-refractivity contribution is -0.119. The van der Waals surface area contributed by atoms with Crippen LogP contribution in [0.3, 0.4) is 0 Å². The van der Waals surface area contributed by atoms with Gasteiger partial charge in [0.25, 0.3) is 5.91 Å². The van der Waals surface area contributed by atoms with Crippen LogP contribution in [0.4, 0.5) is 11.5 Å². The van der Waals surface area contributed by atoms with Crippen molar-refractivity contribution in [1.29, 1.82) is 0 Å². The quantitative estimate of drug-likeness (QED) is 0.853. The Bertz CT molecular complexity index is 788. The van der Waals surface area contributed by atoms with Crippen LogP contribution in [-0.4, -0.2) is 53.3 Å². The lowest BCUT2D eigenvalue weighted by Gasteiger charge is -2.32. The number of carbonyl (C=O) groups is 2. The molecule has 0 aliphatic carbocycles. The van der Waals surface area contributed by atoms with Crippen LogP contribution in [0.25, 0.3) is 0 Å². The zero-order chi connectivity index (χ0) is 17.8. The molecule has 1 fully saturated rings. The molecule has 0 spiro atoms. The van der Waals surface area contributed by atoms with Gasteiger partial charge in [0.2, 0.25) is 6.41 Å². The number of anilines is 2. The van der Waals surface area contributed by atoms with Crippen molar-refractivity contribution >= 4 is 35.4 Å². The molecule has 0 atom stereocenters. The lowest BCUT2D eigenvalue weighted by Crippen LogP contribution is -2.48. The largest absolute Gasteiger partial charge is 0.342 e. The summed E-state index contributed by atoms with van der Waals surface area (Å²) in [5.41, 5.74) is 2.45. The maximum absolute atomic E-state index is 12.7. The molecule has 6 nitrogen and oxygen atoms in total. The van der Waals surface area contributed by atoms with Gasteiger partial charge in [-0.3, -0.25) is 9.59 Å². The summed E-state index contributed by atoms with van der Waals surface area (Å²) < 4.78 is 0. The first-order valence-corrected chi connectivity index (χ1v) is 8.42. The minimum atomic E-state index is -0.0567. The van der Waals surface area contributed by atoms with Crippen molar-refractivity contribution in [2.24, 2.45) is 0 Å². The van der Waals surface area contributed by atoms with Gasteiger partial charge in [-0.2, -0.15) is 0 Å². The molecule has 0 unspecified atom stereocenters. The van der Waals surface area contributed by atoms with Gasteiger partial charge in [0.05, 0.1) is 0 Å². The molecule has 0 saturated carbocycles. The zero-order valence-corrected chi connectivity index (χ0v) is 14.7. The Kier molecular flexibility index (Phi) is 5.19. The molecule has 1 N–H and O–H groups in total. The second-order valence-corrected chi connectivity index (χ2v) is 6.38. The third-order valence-corrected chi connectivity index (χ3v) is 4.45. The summed E-state index contributed by atoms with van der Waals surface area (Å²) in [4.78, 5) is 31.1. The van der Waals surface area contributed by atoms with Crippen LogP contribution in [0.1, 0.15) is 15.9 Å². The molecule has 2 heterocycles. The van der Waals surface area contributed by atoms with Crippen LogP contribution in [0.15, 0.2) is 36.5 Å². The summed E-state index contributed by atoms with van der Waals surface area (Å²) in [5, 5.41) is 3.84. The number of carbonyl (C=O) groups excluding carboxylic acids is 2. The fraction of sp³-hybridized carbons (Fsp3) is 0.278. The molecule has 0 bridgehead atoms. The predicted octanol–water partition coefficient (Wildman–Crippen LogP) is 2.70. The Balaban J connectivity index is 1.74. The fourth-order valence-electron chi connectivity index (χ4n) is 2.71. The van der Waals surface area contributed by atoms with Crippen molar-refractivity contribution in [1.82, 2.24) is 14.8 Å². The first-order valence-electron chi connectivity index (χ1n) is 8.04. The Morgan fingerprint density at radius 3 is 2.68 bits per heavy atom. The normalized spacial score (nSPS) is 14.3. The van der Waals surface area contributed by atoms with E-state index in [1.807, 2.05) is 25.1 Å². The first kappa shape index (κ1) is 17.2. The van der Waals surface area contributed by atoms with Gasteiger partial charge in [-0.05, 0) is 36.8 Å². The highest BCUT2D eigenvalue weighted by Gasteiger charge is 2.21. The van der Waals surface area contributed by atoms with Crippen molar-refractivity contribution in [3.63, 3.8) is 0 Å². The molecule has 1 aromatic heterocycles. The molecule has 2 amide bonds. The van der Waals surface area contributed by atoms with E-state index in [0.717, 1.165) is 17.7 Å². The number of aryl methyl sites for hydroxylation is 1. The maximum atomic E-state index is 12.7. The van der Waals surface area contributed by atoms with Gasteiger partial charge in [0.15, 0.2) is 0 Å². The molecule has 1 aromatic carbocycles. The number of pyridine rings is 1. The summed E-state index contributed by atoms with van der Waals surface area (Å²) in [7, 11) is 0. The van der Waals surface area contributed by atoms with E-state index in [9.17, 15) is 9.59 Å². The topological polar surface area (TPSA) is 65.5 Å². The van der Waals surface area contributed by atoms with Crippen LogP contribution in [0, 0.1) is 6.92 Å². The number of hydrogen-bond acceptors (Lipinski definition) is 4. The van der Waals surface area contributed by atoms with Gasteiger partial charge < -0.3 is 15.1 Å². The second kappa shape index (κ2) is 7.53. The van der Waals surface area contributed by atoms with Crippen molar-refractivity contribution < 1.29 is 9.59 Å². The maximum Gasteiger partial charge on any atom is 0.254 e. The van der Waals surface area contributed by atoms with E-state index in [0.29, 0.717) is 42.6 Å². The Hall–Kier alpha value is -2.60. The van der Waals surface area contributed by atoms with Gasteiger partial charge in [0.1, 0.15) is 5.82 Å². The fourth-order valence-corrected chi connectivity index (χ4v) is 2.88. The molecular weight excluding hydrogens is 340 g/mol. The van der Waals surface area contributed by atoms with Crippen LogP contribution in [0.5, 0.6) is 0 Å². The average molecular weight is 359 g/mol. The number of amides is 2. The van der Waals surface area contributed by atoms with E-state index in [-0.39, 0.29) is 5.91 Å². The Labute approximate surface area is 151 Å². The van der Waals surface area contributed by atoms with E-state index in [4.69, 9.17) is 11.6 Å². The third kappa shape index (κ3) is 4.09. The zero-order valence-electron chi connectivity index (χ0n) is 13.9. The highest BCUT2D eigenvalue weighted by Crippen LogP contribution is 2.23. The Morgan fingerprint density at radius 2 is 1.96 bits per heavy atom. The number of aromatic nitrogens is 1. The lowest BCUT2D eigenvalue weighted by atomic mass is 10.2. The van der Waals surface area contributed by atoms with Crippen molar-refractivity contribution in [2.45, 2.75) is 6.92 Å². The molecule has 1 aliphatic rings. The SMILES string of the molecule is Cc1ccc(Cl)cc1Nc1cc(C(=O)N2CCN(C=O)CC2)ccn1. The summed E-state index contributed by atoms with van der Waals surface area (Å²) in [5.74, 6) is 0.529. The second-order valence-electron chi connectivity index (χ2n) is 5.95. The number of rotatable bonds is 4. The van der Waals surface area contributed by atoms with Gasteiger partial charge in [0, 0.05) is 48.6 Å². The van der Waals surface area contributed by atoms with Crippen LogP contribution in [0.2, 0.25) is 5.02 Å². The third-order valence-electron chi connectivity index (χ3n) is 4.22. The van der Waals surface area contributed by atoms with Crippen molar-refractivity contribution in [3.05, 3.63) is 52.7 Å². The highest BCUT2D eigenvalue weighted by molar-refractivity contribution is 6.30.